The molecule has 2 aromatic rings. The summed E-state index contributed by atoms with van der Waals surface area (Å²) in [5, 5.41) is 5.80. The third-order valence-corrected chi connectivity index (χ3v) is 3.76. The Labute approximate surface area is 143 Å². The Morgan fingerprint density at radius 2 is 1.54 bits per heavy atom. The van der Waals surface area contributed by atoms with E-state index in [1.807, 2.05) is 49.4 Å². The van der Waals surface area contributed by atoms with Crippen molar-refractivity contribution in [3.05, 3.63) is 65.7 Å². The number of para-hydroxylation sites is 1. The highest BCUT2D eigenvalue weighted by Crippen LogP contribution is 2.23. The lowest BCUT2D eigenvalue weighted by molar-refractivity contribution is -0.116. The molecule has 126 valence electrons. The molecule has 0 aromatic heterocycles. The number of benzene rings is 2. The minimum atomic E-state index is -0.246. The van der Waals surface area contributed by atoms with Gasteiger partial charge in [-0.1, -0.05) is 50.2 Å². The first-order chi connectivity index (χ1) is 11.5. The van der Waals surface area contributed by atoms with Gasteiger partial charge in [-0.2, -0.15) is 0 Å². The molecule has 0 radical (unpaired) electrons. The number of carbonyl (C=O) groups excluding carboxylic acids is 2. The van der Waals surface area contributed by atoms with Gasteiger partial charge in [0.15, 0.2) is 0 Å². The molecule has 2 amide bonds. The summed E-state index contributed by atoms with van der Waals surface area (Å²) in [4.78, 5) is 24.3. The first-order valence-electron chi connectivity index (χ1n) is 8.22. The summed E-state index contributed by atoms with van der Waals surface area (Å²) in [6, 6.07) is 16.5. The van der Waals surface area contributed by atoms with Crippen molar-refractivity contribution >= 4 is 17.5 Å². The van der Waals surface area contributed by atoms with E-state index in [4.69, 9.17) is 0 Å². The van der Waals surface area contributed by atoms with Gasteiger partial charge in [0.1, 0.15) is 0 Å². The number of carbonyl (C=O) groups is 2. The van der Waals surface area contributed by atoms with Crippen LogP contribution in [0.3, 0.4) is 0 Å². The molecule has 2 aromatic carbocycles. The molecule has 4 heteroatoms. The minimum Gasteiger partial charge on any atom is -0.349 e. The summed E-state index contributed by atoms with van der Waals surface area (Å²) < 4.78 is 0. The average molecular weight is 324 g/mol. The maximum absolute atomic E-state index is 12.3. The second-order valence-electron chi connectivity index (χ2n) is 6.23. The van der Waals surface area contributed by atoms with Crippen LogP contribution >= 0.6 is 0 Å². The lowest BCUT2D eigenvalue weighted by Gasteiger charge is -2.16. The summed E-state index contributed by atoms with van der Waals surface area (Å²) in [6.07, 6.45) is 0.227. The standard InChI is InChI=1S/C20H24N2O2/c1-14(2)17-11-7-8-12-18(17)22-19(23)13-15(3)21-20(24)16-9-5-4-6-10-16/h4-12,14-15H,13H2,1-3H3,(H,21,24)(H,22,23). The number of hydrogen-bond acceptors (Lipinski definition) is 2. The zero-order chi connectivity index (χ0) is 17.5. The fraction of sp³-hybridized carbons (Fsp3) is 0.300. The molecule has 4 nitrogen and oxygen atoms in total. The van der Waals surface area contributed by atoms with Gasteiger partial charge in [0.2, 0.25) is 5.91 Å². The summed E-state index contributed by atoms with van der Waals surface area (Å²) >= 11 is 0. The van der Waals surface area contributed by atoms with Crippen LogP contribution in [-0.2, 0) is 4.79 Å². The summed E-state index contributed by atoms with van der Waals surface area (Å²) in [6.45, 7) is 6.01. The van der Waals surface area contributed by atoms with Crippen molar-refractivity contribution in [1.29, 1.82) is 0 Å². The number of rotatable bonds is 6. The molecule has 0 bridgehead atoms. The molecular weight excluding hydrogens is 300 g/mol. The van der Waals surface area contributed by atoms with Crippen molar-refractivity contribution in [2.75, 3.05) is 5.32 Å². The molecule has 0 saturated heterocycles. The van der Waals surface area contributed by atoms with Gasteiger partial charge in [0.25, 0.3) is 5.91 Å². The molecule has 1 unspecified atom stereocenters. The number of anilines is 1. The van der Waals surface area contributed by atoms with Crippen molar-refractivity contribution in [3.8, 4) is 0 Å². The average Bonchev–Trinajstić information content (AvgIpc) is 2.55. The van der Waals surface area contributed by atoms with Crippen LogP contribution in [0.4, 0.5) is 5.69 Å². The first kappa shape index (κ1) is 17.7. The largest absolute Gasteiger partial charge is 0.349 e. The van der Waals surface area contributed by atoms with Crippen LogP contribution in [0.1, 0.15) is 49.0 Å². The Morgan fingerprint density at radius 1 is 0.917 bits per heavy atom. The second kappa shape index (κ2) is 8.29. The van der Waals surface area contributed by atoms with Crippen molar-refractivity contribution in [1.82, 2.24) is 5.32 Å². The fourth-order valence-corrected chi connectivity index (χ4v) is 2.54. The normalized spacial score (nSPS) is 11.8. The van der Waals surface area contributed by atoms with E-state index in [1.165, 1.54) is 0 Å². The molecule has 1 atom stereocenters. The van der Waals surface area contributed by atoms with Crippen LogP contribution in [0, 0.1) is 0 Å². The lowest BCUT2D eigenvalue weighted by Crippen LogP contribution is -2.35. The van der Waals surface area contributed by atoms with E-state index in [9.17, 15) is 9.59 Å². The Morgan fingerprint density at radius 3 is 2.21 bits per heavy atom. The van der Waals surface area contributed by atoms with E-state index in [-0.39, 0.29) is 24.3 Å². The molecule has 0 saturated carbocycles. The Hall–Kier alpha value is -2.62. The predicted molar refractivity (Wildman–Crippen MR) is 97.1 cm³/mol. The Bertz CT molecular complexity index is 696. The van der Waals surface area contributed by atoms with Gasteiger partial charge in [-0.3, -0.25) is 9.59 Å². The molecule has 24 heavy (non-hydrogen) atoms. The van der Waals surface area contributed by atoms with Gasteiger partial charge in [-0.25, -0.2) is 0 Å². The molecule has 0 fully saturated rings. The quantitative estimate of drug-likeness (QED) is 0.845. The maximum Gasteiger partial charge on any atom is 0.251 e. The highest BCUT2D eigenvalue weighted by Gasteiger charge is 2.14. The van der Waals surface area contributed by atoms with E-state index in [0.717, 1.165) is 11.3 Å². The van der Waals surface area contributed by atoms with E-state index >= 15 is 0 Å². The highest BCUT2D eigenvalue weighted by molar-refractivity contribution is 5.95. The van der Waals surface area contributed by atoms with E-state index in [1.54, 1.807) is 12.1 Å². The van der Waals surface area contributed by atoms with Gasteiger partial charge < -0.3 is 10.6 Å². The van der Waals surface area contributed by atoms with Gasteiger partial charge in [-0.15, -0.1) is 0 Å². The third-order valence-electron chi connectivity index (χ3n) is 3.76. The summed E-state index contributed by atoms with van der Waals surface area (Å²) in [5.41, 5.74) is 2.53. The van der Waals surface area contributed by atoms with E-state index < -0.39 is 0 Å². The van der Waals surface area contributed by atoms with Crippen molar-refractivity contribution < 1.29 is 9.59 Å². The van der Waals surface area contributed by atoms with Crippen molar-refractivity contribution in [2.24, 2.45) is 0 Å². The highest BCUT2D eigenvalue weighted by atomic mass is 16.2. The Balaban J connectivity index is 1.92. The van der Waals surface area contributed by atoms with Gasteiger partial charge >= 0.3 is 0 Å². The minimum absolute atomic E-state index is 0.107. The maximum atomic E-state index is 12.3. The molecule has 2 N–H and O–H groups in total. The third kappa shape index (κ3) is 4.95. The first-order valence-corrected chi connectivity index (χ1v) is 8.22. The fourth-order valence-electron chi connectivity index (χ4n) is 2.54. The molecule has 0 aliphatic carbocycles. The van der Waals surface area contributed by atoms with Crippen LogP contribution in [0.5, 0.6) is 0 Å². The molecular formula is C20H24N2O2. The monoisotopic (exact) mass is 324 g/mol. The molecule has 0 aliphatic rings. The molecule has 2 rings (SSSR count). The van der Waals surface area contributed by atoms with Crippen LogP contribution in [-0.4, -0.2) is 17.9 Å². The van der Waals surface area contributed by atoms with E-state index in [2.05, 4.69) is 24.5 Å². The van der Waals surface area contributed by atoms with Crippen LogP contribution in [0.15, 0.2) is 54.6 Å². The van der Waals surface area contributed by atoms with Crippen LogP contribution in [0.25, 0.3) is 0 Å². The van der Waals surface area contributed by atoms with Crippen molar-refractivity contribution in [2.45, 2.75) is 39.2 Å². The lowest BCUT2D eigenvalue weighted by atomic mass is 10.0. The molecule has 0 heterocycles. The zero-order valence-electron chi connectivity index (χ0n) is 14.4. The van der Waals surface area contributed by atoms with Crippen LogP contribution in [0.2, 0.25) is 0 Å². The van der Waals surface area contributed by atoms with Gasteiger partial charge in [-0.05, 0) is 36.6 Å². The summed E-state index contributed by atoms with van der Waals surface area (Å²) in [5.74, 6) is 0.0548. The van der Waals surface area contributed by atoms with Crippen molar-refractivity contribution in [3.63, 3.8) is 0 Å². The van der Waals surface area contributed by atoms with Gasteiger partial charge in [0, 0.05) is 23.7 Å². The second-order valence-corrected chi connectivity index (χ2v) is 6.23. The molecule has 0 aliphatic heterocycles. The number of amides is 2. The number of nitrogens with one attached hydrogen (secondary N) is 2. The van der Waals surface area contributed by atoms with E-state index in [0.29, 0.717) is 11.5 Å². The summed E-state index contributed by atoms with van der Waals surface area (Å²) in [7, 11) is 0. The number of hydrogen-bond donors (Lipinski definition) is 2. The topological polar surface area (TPSA) is 58.2 Å². The van der Waals surface area contributed by atoms with Gasteiger partial charge in [0.05, 0.1) is 0 Å². The predicted octanol–water partition coefficient (Wildman–Crippen LogP) is 3.96. The Kier molecular flexibility index (Phi) is 6.13. The molecule has 0 spiro atoms. The van der Waals surface area contributed by atoms with Crippen LogP contribution < -0.4 is 10.6 Å². The zero-order valence-corrected chi connectivity index (χ0v) is 14.4. The SMILES string of the molecule is CC(CC(=O)Nc1ccccc1C(C)C)NC(=O)c1ccccc1. The smallest absolute Gasteiger partial charge is 0.251 e.